The summed E-state index contributed by atoms with van der Waals surface area (Å²) in [5.41, 5.74) is 5.86. The Labute approximate surface area is 85.2 Å². The summed E-state index contributed by atoms with van der Waals surface area (Å²) in [6.45, 7) is 8.52. The summed E-state index contributed by atoms with van der Waals surface area (Å²) in [6.07, 6.45) is 0. The molecule has 2 atom stereocenters. The minimum atomic E-state index is -0.233. The Hall–Kier alpha value is -1.06. The number of hydrogen-bond donors (Lipinski definition) is 1. The zero-order valence-corrected chi connectivity index (χ0v) is 9.53. The minimum Gasteiger partial charge on any atom is -0.385 e. The van der Waals surface area contributed by atoms with Crippen LogP contribution in [-0.2, 0) is 0 Å². The van der Waals surface area contributed by atoms with Crippen molar-refractivity contribution < 1.29 is 4.79 Å². The highest BCUT2D eigenvalue weighted by atomic mass is 16.2. The first-order valence-electron chi connectivity index (χ1n) is 4.86. The number of aliphatic imine (C=N–C) groups is 1. The molecule has 0 aliphatic carbocycles. The third-order valence-corrected chi connectivity index (χ3v) is 3.09. The van der Waals surface area contributed by atoms with E-state index in [1.54, 1.807) is 11.9 Å². The maximum atomic E-state index is 11.3. The Bertz CT molecular complexity index is 278. The Morgan fingerprint density at radius 3 is 2.29 bits per heavy atom. The number of rotatable bonds is 1. The van der Waals surface area contributed by atoms with E-state index >= 15 is 0 Å². The van der Waals surface area contributed by atoms with Crippen molar-refractivity contribution in [3.05, 3.63) is 0 Å². The van der Waals surface area contributed by atoms with Crippen molar-refractivity contribution in [2.24, 2.45) is 22.1 Å². The van der Waals surface area contributed by atoms with Crippen LogP contribution in [0, 0.1) is 11.3 Å². The highest BCUT2D eigenvalue weighted by Gasteiger charge is 2.39. The van der Waals surface area contributed by atoms with E-state index in [0.29, 0.717) is 11.8 Å². The molecule has 0 aromatic carbocycles. The van der Waals surface area contributed by atoms with Crippen LogP contribution in [0.15, 0.2) is 4.99 Å². The van der Waals surface area contributed by atoms with E-state index in [2.05, 4.69) is 32.7 Å². The fourth-order valence-corrected chi connectivity index (χ4v) is 1.64. The monoisotopic (exact) mass is 197 g/mol. The maximum absolute atomic E-state index is 11.3. The SMILES string of the molecule is CC(C1C(N)=NC(=O)N1C)C(C)(C)C. The standard InChI is InChI=1S/C10H19N3O/c1-6(10(2,3)4)7-8(11)12-9(14)13(7)5/h6-7H,1-5H3,(H2,11,12,14). The molecule has 0 spiro atoms. The molecular weight excluding hydrogens is 178 g/mol. The molecule has 2 unspecified atom stereocenters. The van der Waals surface area contributed by atoms with Crippen LogP contribution in [0.3, 0.4) is 0 Å². The van der Waals surface area contributed by atoms with Gasteiger partial charge in [-0.2, -0.15) is 4.99 Å². The normalized spacial score (nSPS) is 25.2. The quantitative estimate of drug-likeness (QED) is 0.691. The van der Waals surface area contributed by atoms with E-state index in [-0.39, 0.29) is 17.5 Å². The fraction of sp³-hybridized carbons (Fsp3) is 0.800. The van der Waals surface area contributed by atoms with Crippen molar-refractivity contribution in [3.63, 3.8) is 0 Å². The number of amides is 2. The van der Waals surface area contributed by atoms with Crippen molar-refractivity contribution in [1.82, 2.24) is 4.90 Å². The van der Waals surface area contributed by atoms with Crippen LogP contribution in [0.25, 0.3) is 0 Å². The number of hydrogen-bond acceptors (Lipinski definition) is 2. The first-order valence-corrected chi connectivity index (χ1v) is 4.86. The van der Waals surface area contributed by atoms with E-state index in [1.165, 1.54) is 0 Å². The molecular formula is C10H19N3O. The van der Waals surface area contributed by atoms with Gasteiger partial charge in [-0.15, -0.1) is 0 Å². The molecule has 0 aromatic rings. The Morgan fingerprint density at radius 2 is 2.00 bits per heavy atom. The van der Waals surface area contributed by atoms with Crippen LogP contribution in [-0.4, -0.2) is 29.9 Å². The highest BCUT2D eigenvalue weighted by molar-refractivity contribution is 6.02. The number of nitrogens with zero attached hydrogens (tertiary/aromatic N) is 2. The van der Waals surface area contributed by atoms with E-state index in [1.807, 2.05) is 0 Å². The van der Waals surface area contributed by atoms with Crippen LogP contribution in [0.5, 0.6) is 0 Å². The fourth-order valence-electron chi connectivity index (χ4n) is 1.64. The Kier molecular flexibility index (Phi) is 2.56. The van der Waals surface area contributed by atoms with Crippen molar-refractivity contribution in [2.75, 3.05) is 7.05 Å². The summed E-state index contributed by atoms with van der Waals surface area (Å²) in [7, 11) is 1.75. The molecule has 1 aliphatic heterocycles. The predicted molar refractivity (Wildman–Crippen MR) is 57.2 cm³/mol. The number of urea groups is 1. The molecule has 0 fully saturated rings. The summed E-state index contributed by atoms with van der Waals surface area (Å²) in [4.78, 5) is 16.7. The van der Waals surface area contributed by atoms with Gasteiger partial charge < -0.3 is 10.6 Å². The topological polar surface area (TPSA) is 58.7 Å². The molecule has 1 aliphatic rings. The first-order chi connectivity index (χ1) is 6.25. The molecule has 2 N–H and O–H groups in total. The van der Waals surface area contributed by atoms with Gasteiger partial charge in [0.1, 0.15) is 5.84 Å². The van der Waals surface area contributed by atoms with E-state index in [9.17, 15) is 4.79 Å². The van der Waals surface area contributed by atoms with Crippen molar-refractivity contribution in [1.29, 1.82) is 0 Å². The molecule has 0 saturated heterocycles. The van der Waals surface area contributed by atoms with Crippen LogP contribution < -0.4 is 5.73 Å². The van der Waals surface area contributed by atoms with Gasteiger partial charge in [0.15, 0.2) is 0 Å². The van der Waals surface area contributed by atoms with Gasteiger partial charge in [0.25, 0.3) is 0 Å². The number of nitrogens with two attached hydrogens (primary N) is 1. The molecule has 4 heteroatoms. The number of carbonyl (C=O) groups is 1. The highest BCUT2D eigenvalue weighted by Crippen LogP contribution is 2.32. The lowest BCUT2D eigenvalue weighted by Gasteiger charge is -2.35. The second-order valence-corrected chi connectivity index (χ2v) is 5.03. The summed E-state index contributed by atoms with van der Waals surface area (Å²) in [5, 5.41) is 0. The minimum absolute atomic E-state index is 0.0532. The second-order valence-electron chi connectivity index (χ2n) is 5.03. The van der Waals surface area contributed by atoms with E-state index in [4.69, 9.17) is 5.73 Å². The molecule has 14 heavy (non-hydrogen) atoms. The molecule has 0 bridgehead atoms. The van der Waals surface area contributed by atoms with Crippen LogP contribution in [0.2, 0.25) is 0 Å². The van der Waals surface area contributed by atoms with Gasteiger partial charge in [-0.25, -0.2) is 4.79 Å². The zero-order valence-electron chi connectivity index (χ0n) is 9.53. The predicted octanol–water partition coefficient (Wildman–Crippen LogP) is 1.46. The lowest BCUT2D eigenvalue weighted by molar-refractivity contribution is 0.164. The Morgan fingerprint density at radius 1 is 1.50 bits per heavy atom. The van der Waals surface area contributed by atoms with Gasteiger partial charge >= 0.3 is 6.03 Å². The van der Waals surface area contributed by atoms with Crippen LogP contribution in [0.1, 0.15) is 27.7 Å². The number of likely N-dealkylation sites (N-methyl/N-ethyl adjacent to an activating group) is 1. The van der Waals surface area contributed by atoms with E-state index < -0.39 is 0 Å². The van der Waals surface area contributed by atoms with Crippen LogP contribution >= 0.6 is 0 Å². The van der Waals surface area contributed by atoms with Crippen molar-refractivity contribution >= 4 is 11.9 Å². The first kappa shape index (κ1) is 11.0. The van der Waals surface area contributed by atoms with Gasteiger partial charge in [-0.1, -0.05) is 27.7 Å². The third-order valence-electron chi connectivity index (χ3n) is 3.09. The Balaban J connectivity index is 2.90. The van der Waals surface area contributed by atoms with Crippen molar-refractivity contribution in [2.45, 2.75) is 33.7 Å². The van der Waals surface area contributed by atoms with Gasteiger partial charge in [0.2, 0.25) is 0 Å². The largest absolute Gasteiger partial charge is 0.385 e. The lowest BCUT2D eigenvalue weighted by Crippen LogP contribution is -2.46. The molecule has 1 rings (SSSR count). The van der Waals surface area contributed by atoms with Gasteiger partial charge in [-0.05, 0) is 11.3 Å². The summed E-state index contributed by atoms with van der Waals surface area (Å²) >= 11 is 0. The molecule has 2 amide bonds. The molecule has 0 aromatic heterocycles. The third kappa shape index (κ3) is 1.74. The molecule has 4 nitrogen and oxygen atoms in total. The number of carbonyl (C=O) groups excluding carboxylic acids is 1. The maximum Gasteiger partial charge on any atom is 0.345 e. The summed E-state index contributed by atoms with van der Waals surface area (Å²) in [5.74, 6) is 0.739. The average Bonchev–Trinajstić information content (AvgIpc) is 2.24. The summed E-state index contributed by atoms with van der Waals surface area (Å²) < 4.78 is 0. The van der Waals surface area contributed by atoms with E-state index in [0.717, 1.165) is 0 Å². The van der Waals surface area contributed by atoms with Crippen LogP contribution in [0.4, 0.5) is 4.79 Å². The van der Waals surface area contributed by atoms with Gasteiger partial charge in [0.05, 0.1) is 6.04 Å². The second kappa shape index (κ2) is 3.26. The van der Waals surface area contributed by atoms with Gasteiger partial charge in [-0.3, -0.25) is 0 Å². The molecule has 0 saturated carbocycles. The van der Waals surface area contributed by atoms with Gasteiger partial charge in [0, 0.05) is 7.05 Å². The average molecular weight is 197 g/mol. The zero-order chi connectivity index (χ0) is 11.1. The lowest BCUT2D eigenvalue weighted by atomic mass is 9.77. The number of amidine groups is 1. The molecule has 0 radical (unpaired) electrons. The summed E-state index contributed by atoms with van der Waals surface area (Å²) in [6, 6.07) is -0.286. The van der Waals surface area contributed by atoms with Crippen molar-refractivity contribution in [3.8, 4) is 0 Å². The molecule has 80 valence electrons. The smallest absolute Gasteiger partial charge is 0.345 e. The molecule has 1 heterocycles.